The first-order chi connectivity index (χ1) is 9.74. The highest BCUT2D eigenvalue weighted by Gasteiger charge is 2.16. The highest BCUT2D eigenvalue weighted by atomic mass is 16.5. The first kappa shape index (κ1) is 12.9. The zero-order valence-electron chi connectivity index (χ0n) is 11.0. The van der Waals surface area contributed by atoms with E-state index in [0.717, 1.165) is 19.4 Å². The molecule has 7 heteroatoms. The Morgan fingerprint density at radius 1 is 1.55 bits per heavy atom. The molecule has 3 rings (SSSR count). The van der Waals surface area contributed by atoms with Crippen LogP contribution in [0.5, 0.6) is 0 Å². The molecule has 3 heterocycles. The van der Waals surface area contributed by atoms with Gasteiger partial charge in [-0.05, 0) is 25.0 Å². The molecule has 20 heavy (non-hydrogen) atoms. The van der Waals surface area contributed by atoms with Crippen LogP contribution in [0.2, 0.25) is 0 Å². The molecule has 2 aromatic heterocycles. The number of nitrogens with one attached hydrogen (secondary N) is 1. The van der Waals surface area contributed by atoms with Gasteiger partial charge in [0.05, 0.1) is 6.10 Å². The number of ether oxygens (including phenoxy) is 1. The molecule has 2 aromatic rings. The van der Waals surface area contributed by atoms with Crippen molar-refractivity contribution in [2.75, 3.05) is 13.2 Å². The number of carbonyl (C=O) groups is 1. The maximum atomic E-state index is 12.1. The Bertz CT molecular complexity index is 670. The van der Waals surface area contributed by atoms with Crippen LogP contribution in [0.1, 0.15) is 12.8 Å². The van der Waals surface area contributed by atoms with Crippen LogP contribution in [0.3, 0.4) is 0 Å². The van der Waals surface area contributed by atoms with Gasteiger partial charge in [-0.1, -0.05) is 0 Å². The minimum atomic E-state index is -0.273. The van der Waals surface area contributed by atoms with Crippen molar-refractivity contribution in [1.29, 1.82) is 0 Å². The van der Waals surface area contributed by atoms with E-state index in [1.807, 2.05) is 0 Å². The topological polar surface area (TPSA) is 77.6 Å². The summed E-state index contributed by atoms with van der Waals surface area (Å²) in [7, 11) is 0. The molecule has 106 valence electrons. The molecule has 1 atom stereocenters. The molecule has 1 aliphatic heterocycles. The molecule has 0 aliphatic carbocycles. The first-order valence-electron chi connectivity index (χ1n) is 6.65. The summed E-state index contributed by atoms with van der Waals surface area (Å²) < 4.78 is 8.22. The van der Waals surface area contributed by atoms with Crippen LogP contribution in [-0.2, 0) is 16.1 Å². The van der Waals surface area contributed by atoms with Gasteiger partial charge in [-0.15, -0.1) is 0 Å². The van der Waals surface area contributed by atoms with Crippen molar-refractivity contribution in [2.45, 2.75) is 25.5 Å². The highest BCUT2D eigenvalue weighted by molar-refractivity contribution is 5.75. The van der Waals surface area contributed by atoms with Crippen molar-refractivity contribution in [3.05, 3.63) is 35.0 Å². The summed E-state index contributed by atoms with van der Waals surface area (Å²) in [5, 5.41) is 6.75. The average molecular weight is 276 g/mol. The van der Waals surface area contributed by atoms with Crippen LogP contribution in [0, 0.1) is 0 Å². The molecule has 0 bridgehead atoms. The minimum Gasteiger partial charge on any atom is -0.376 e. The van der Waals surface area contributed by atoms with Crippen LogP contribution in [0.4, 0.5) is 0 Å². The largest absolute Gasteiger partial charge is 0.376 e. The van der Waals surface area contributed by atoms with Gasteiger partial charge in [0.25, 0.3) is 5.56 Å². The second-order valence-corrected chi connectivity index (χ2v) is 4.83. The standard InChI is InChI=1S/C13H16N4O3/c18-12(14-7-10-3-2-6-20-10)8-17-13(19)11-4-1-5-16(11)9-15-17/h1,4-5,9-10H,2-3,6-8H2,(H,14,18). The second kappa shape index (κ2) is 5.46. The van der Waals surface area contributed by atoms with Gasteiger partial charge >= 0.3 is 0 Å². The average Bonchev–Trinajstić information content (AvgIpc) is 3.10. The number of carbonyl (C=O) groups excluding carboxylic acids is 1. The molecule has 0 aromatic carbocycles. The SMILES string of the molecule is O=C(Cn1ncn2cccc2c1=O)NCC1CCCO1. The van der Waals surface area contributed by atoms with E-state index >= 15 is 0 Å². The summed E-state index contributed by atoms with van der Waals surface area (Å²) in [5.41, 5.74) is 0.233. The Morgan fingerprint density at radius 2 is 2.45 bits per heavy atom. The van der Waals surface area contributed by atoms with E-state index in [-0.39, 0.29) is 24.1 Å². The van der Waals surface area contributed by atoms with E-state index in [1.165, 1.54) is 11.0 Å². The summed E-state index contributed by atoms with van der Waals surface area (Å²) in [6.07, 6.45) is 5.35. The normalized spacial score (nSPS) is 18.5. The molecule has 1 amide bonds. The summed E-state index contributed by atoms with van der Waals surface area (Å²) >= 11 is 0. The lowest BCUT2D eigenvalue weighted by atomic mass is 10.2. The Balaban J connectivity index is 1.64. The van der Waals surface area contributed by atoms with Crippen molar-refractivity contribution in [2.24, 2.45) is 0 Å². The monoisotopic (exact) mass is 276 g/mol. The van der Waals surface area contributed by atoms with Gasteiger partial charge in [-0.2, -0.15) is 5.10 Å². The summed E-state index contributed by atoms with van der Waals surface area (Å²) in [6.45, 7) is 1.17. The molecular weight excluding hydrogens is 260 g/mol. The Kier molecular flexibility index (Phi) is 3.51. The van der Waals surface area contributed by atoms with E-state index in [9.17, 15) is 9.59 Å². The van der Waals surface area contributed by atoms with Crippen molar-refractivity contribution in [1.82, 2.24) is 19.5 Å². The Morgan fingerprint density at radius 3 is 3.25 bits per heavy atom. The number of aromatic nitrogens is 3. The van der Waals surface area contributed by atoms with Gasteiger partial charge < -0.3 is 14.5 Å². The van der Waals surface area contributed by atoms with Crippen LogP contribution >= 0.6 is 0 Å². The third-order valence-electron chi connectivity index (χ3n) is 3.39. The molecule has 0 radical (unpaired) electrons. The van der Waals surface area contributed by atoms with Crippen LogP contribution < -0.4 is 10.9 Å². The molecule has 1 aliphatic rings. The van der Waals surface area contributed by atoms with Crippen molar-refractivity contribution < 1.29 is 9.53 Å². The number of nitrogens with zero attached hydrogens (tertiary/aromatic N) is 3. The van der Waals surface area contributed by atoms with Crippen LogP contribution in [0.15, 0.2) is 29.5 Å². The molecule has 1 unspecified atom stereocenters. The van der Waals surface area contributed by atoms with E-state index in [0.29, 0.717) is 12.1 Å². The molecule has 1 fully saturated rings. The first-order valence-corrected chi connectivity index (χ1v) is 6.65. The van der Waals surface area contributed by atoms with E-state index < -0.39 is 0 Å². The fraction of sp³-hybridized carbons (Fsp3) is 0.462. The molecule has 0 spiro atoms. The predicted octanol–water partition coefficient (Wildman–Crippen LogP) is -0.209. The summed E-state index contributed by atoms with van der Waals surface area (Å²) in [4.78, 5) is 23.9. The van der Waals surface area contributed by atoms with Crippen molar-refractivity contribution in [3.63, 3.8) is 0 Å². The molecular formula is C13H16N4O3. The van der Waals surface area contributed by atoms with Gasteiger partial charge in [-0.25, -0.2) is 4.68 Å². The number of rotatable bonds is 4. The number of fused-ring (bicyclic) bond motifs is 1. The smallest absolute Gasteiger partial charge is 0.291 e. The van der Waals surface area contributed by atoms with Gasteiger partial charge in [0, 0.05) is 19.3 Å². The number of amides is 1. The maximum Gasteiger partial charge on any atom is 0.291 e. The summed E-state index contributed by atoms with van der Waals surface area (Å²) in [6, 6.07) is 3.46. The highest BCUT2D eigenvalue weighted by Crippen LogP contribution is 2.10. The fourth-order valence-corrected chi connectivity index (χ4v) is 2.32. The third kappa shape index (κ3) is 2.57. The van der Waals surface area contributed by atoms with E-state index in [2.05, 4.69) is 10.4 Å². The Hall–Kier alpha value is -2.15. The summed E-state index contributed by atoms with van der Waals surface area (Å²) in [5.74, 6) is -0.231. The lowest BCUT2D eigenvalue weighted by Gasteiger charge is -2.11. The zero-order chi connectivity index (χ0) is 13.9. The van der Waals surface area contributed by atoms with Crippen LogP contribution in [0.25, 0.3) is 5.52 Å². The Labute approximate surface area is 115 Å². The lowest BCUT2D eigenvalue weighted by Crippen LogP contribution is -2.37. The van der Waals surface area contributed by atoms with Gasteiger partial charge in [0.2, 0.25) is 5.91 Å². The number of hydrogen-bond donors (Lipinski definition) is 1. The number of hydrogen-bond acceptors (Lipinski definition) is 4. The minimum absolute atomic E-state index is 0.0762. The molecule has 1 saturated heterocycles. The van der Waals surface area contributed by atoms with Crippen LogP contribution in [-0.4, -0.2) is 39.3 Å². The van der Waals surface area contributed by atoms with E-state index in [4.69, 9.17) is 4.74 Å². The quantitative estimate of drug-likeness (QED) is 0.838. The molecule has 0 saturated carbocycles. The molecule has 1 N–H and O–H groups in total. The third-order valence-corrected chi connectivity index (χ3v) is 3.39. The van der Waals surface area contributed by atoms with Crippen molar-refractivity contribution in [3.8, 4) is 0 Å². The lowest BCUT2D eigenvalue weighted by molar-refractivity contribution is -0.122. The van der Waals surface area contributed by atoms with Crippen molar-refractivity contribution >= 4 is 11.4 Å². The zero-order valence-corrected chi connectivity index (χ0v) is 11.0. The van der Waals surface area contributed by atoms with Gasteiger partial charge in [0.15, 0.2) is 0 Å². The van der Waals surface area contributed by atoms with Gasteiger partial charge in [0.1, 0.15) is 18.4 Å². The molecule has 7 nitrogen and oxygen atoms in total. The van der Waals surface area contributed by atoms with Gasteiger partial charge in [-0.3, -0.25) is 9.59 Å². The fourth-order valence-electron chi connectivity index (χ4n) is 2.32. The second-order valence-electron chi connectivity index (χ2n) is 4.83. The maximum absolute atomic E-state index is 12.1. The predicted molar refractivity (Wildman–Crippen MR) is 71.4 cm³/mol. The van der Waals surface area contributed by atoms with E-state index in [1.54, 1.807) is 22.7 Å².